The average Bonchev–Trinajstić information content (AvgIpc) is 3.18. The van der Waals surface area contributed by atoms with Crippen LogP contribution in [0.2, 0.25) is 0 Å². The fourth-order valence-corrected chi connectivity index (χ4v) is 1.72. The number of hydrogen-bond acceptors (Lipinski definition) is 2. The first-order valence-corrected chi connectivity index (χ1v) is 6.55. The Balaban J connectivity index is 1.38. The SMILES string of the molecule is [c]1ccc(CCCOCCOCC2CC2)cc1. The van der Waals surface area contributed by atoms with Gasteiger partial charge in [0.25, 0.3) is 0 Å². The van der Waals surface area contributed by atoms with E-state index in [0.29, 0.717) is 0 Å². The standard InChI is InChI=1S/C15H21O2/c1-2-5-14(6-3-1)7-4-10-16-11-12-17-13-15-8-9-15/h2-3,5-6,15H,4,7-13H2. The van der Waals surface area contributed by atoms with Crippen LogP contribution >= 0.6 is 0 Å². The molecule has 0 spiro atoms. The van der Waals surface area contributed by atoms with Crippen molar-refractivity contribution in [3.8, 4) is 0 Å². The van der Waals surface area contributed by atoms with Gasteiger partial charge in [-0.2, -0.15) is 0 Å². The molecule has 1 fully saturated rings. The number of benzene rings is 1. The lowest BCUT2D eigenvalue weighted by Gasteiger charge is -2.05. The van der Waals surface area contributed by atoms with Crippen molar-refractivity contribution in [1.29, 1.82) is 0 Å². The van der Waals surface area contributed by atoms with Crippen LogP contribution in [0.25, 0.3) is 0 Å². The molecule has 0 heterocycles. The molecule has 0 saturated heterocycles. The van der Waals surface area contributed by atoms with E-state index in [-0.39, 0.29) is 0 Å². The van der Waals surface area contributed by atoms with E-state index in [1.165, 1.54) is 18.4 Å². The minimum atomic E-state index is 0.731. The second-order valence-electron chi connectivity index (χ2n) is 4.64. The summed E-state index contributed by atoms with van der Waals surface area (Å²) in [6, 6.07) is 11.2. The lowest BCUT2D eigenvalue weighted by Crippen LogP contribution is -2.07. The Morgan fingerprint density at radius 2 is 1.82 bits per heavy atom. The number of hydrogen-bond donors (Lipinski definition) is 0. The average molecular weight is 233 g/mol. The molecule has 1 aromatic rings. The van der Waals surface area contributed by atoms with Gasteiger partial charge in [-0.1, -0.05) is 24.3 Å². The summed E-state index contributed by atoms with van der Waals surface area (Å²) in [6.45, 7) is 3.24. The van der Waals surface area contributed by atoms with Crippen molar-refractivity contribution in [2.24, 2.45) is 5.92 Å². The van der Waals surface area contributed by atoms with Crippen LogP contribution in [0.3, 0.4) is 0 Å². The van der Waals surface area contributed by atoms with Gasteiger partial charge in [0.05, 0.1) is 13.2 Å². The molecule has 2 nitrogen and oxygen atoms in total. The van der Waals surface area contributed by atoms with E-state index in [1.807, 2.05) is 12.1 Å². The third kappa shape index (κ3) is 5.85. The van der Waals surface area contributed by atoms with E-state index in [1.54, 1.807) is 0 Å². The topological polar surface area (TPSA) is 18.5 Å². The van der Waals surface area contributed by atoms with Gasteiger partial charge < -0.3 is 9.47 Å². The van der Waals surface area contributed by atoms with Gasteiger partial charge in [0.15, 0.2) is 0 Å². The van der Waals surface area contributed by atoms with Crippen LogP contribution in [0.15, 0.2) is 24.3 Å². The van der Waals surface area contributed by atoms with Crippen molar-refractivity contribution < 1.29 is 9.47 Å². The van der Waals surface area contributed by atoms with Crippen molar-refractivity contribution >= 4 is 0 Å². The molecule has 17 heavy (non-hydrogen) atoms. The first-order chi connectivity index (χ1) is 8.45. The zero-order chi connectivity index (χ0) is 11.8. The molecule has 0 aromatic heterocycles. The lowest BCUT2D eigenvalue weighted by atomic mass is 10.1. The Morgan fingerprint density at radius 3 is 2.59 bits per heavy atom. The number of aryl methyl sites for hydroxylation is 1. The Kier molecular flexibility index (Phi) is 5.53. The maximum Gasteiger partial charge on any atom is 0.0700 e. The molecule has 1 saturated carbocycles. The summed E-state index contributed by atoms with van der Waals surface area (Å²) < 4.78 is 11.0. The van der Waals surface area contributed by atoms with Crippen LogP contribution in [-0.2, 0) is 15.9 Å². The molecular formula is C15H21O2. The molecular weight excluding hydrogens is 212 g/mol. The zero-order valence-electron chi connectivity index (χ0n) is 10.4. The monoisotopic (exact) mass is 233 g/mol. The highest BCUT2D eigenvalue weighted by Crippen LogP contribution is 2.28. The van der Waals surface area contributed by atoms with E-state index in [9.17, 15) is 0 Å². The summed E-state index contributed by atoms with van der Waals surface area (Å²) in [7, 11) is 0. The first-order valence-electron chi connectivity index (χ1n) is 6.55. The highest BCUT2D eigenvalue weighted by molar-refractivity contribution is 5.13. The Labute approximate surface area is 104 Å². The molecule has 1 aliphatic rings. The maximum atomic E-state index is 5.52. The number of rotatable bonds is 9. The van der Waals surface area contributed by atoms with Crippen LogP contribution in [-0.4, -0.2) is 26.4 Å². The smallest absolute Gasteiger partial charge is 0.0700 e. The Morgan fingerprint density at radius 1 is 1.06 bits per heavy atom. The van der Waals surface area contributed by atoms with E-state index in [4.69, 9.17) is 9.47 Å². The molecule has 1 aromatic carbocycles. The third-order valence-electron chi connectivity index (χ3n) is 2.96. The molecule has 0 amide bonds. The molecule has 1 radical (unpaired) electrons. The molecule has 0 bridgehead atoms. The molecule has 0 atom stereocenters. The Bertz CT molecular complexity index is 293. The van der Waals surface area contributed by atoms with E-state index < -0.39 is 0 Å². The molecule has 1 aliphatic carbocycles. The van der Waals surface area contributed by atoms with Gasteiger partial charge >= 0.3 is 0 Å². The summed E-state index contributed by atoms with van der Waals surface area (Å²) in [4.78, 5) is 0. The molecule has 93 valence electrons. The van der Waals surface area contributed by atoms with Gasteiger partial charge in [0.1, 0.15) is 0 Å². The number of ether oxygens (including phenoxy) is 2. The van der Waals surface area contributed by atoms with Crippen LogP contribution in [0.4, 0.5) is 0 Å². The molecule has 0 unspecified atom stereocenters. The predicted octanol–water partition coefficient (Wildman–Crippen LogP) is 2.86. The fraction of sp³-hybridized carbons (Fsp3) is 0.600. The van der Waals surface area contributed by atoms with Crippen molar-refractivity contribution in [3.63, 3.8) is 0 Å². The second-order valence-corrected chi connectivity index (χ2v) is 4.64. The van der Waals surface area contributed by atoms with Gasteiger partial charge in [-0.25, -0.2) is 0 Å². The quantitative estimate of drug-likeness (QED) is 0.611. The fourth-order valence-electron chi connectivity index (χ4n) is 1.72. The van der Waals surface area contributed by atoms with Gasteiger partial charge in [0.2, 0.25) is 0 Å². The summed E-state index contributed by atoms with van der Waals surface area (Å²) in [5, 5.41) is 0. The van der Waals surface area contributed by atoms with Crippen molar-refractivity contribution in [1.82, 2.24) is 0 Å². The zero-order valence-corrected chi connectivity index (χ0v) is 10.4. The van der Waals surface area contributed by atoms with Crippen LogP contribution < -0.4 is 0 Å². The maximum absolute atomic E-state index is 5.52. The lowest BCUT2D eigenvalue weighted by molar-refractivity contribution is 0.0430. The normalized spacial score (nSPS) is 15.1. The highest BCUT2D eigenvalue weighted by Gasteiger charge is 2.20. The van der Waals surface area contributed by atoms with Crippen LogP contribution in [0.1, 0.15) is 24.8 Å². The van der Waals surface area contributed by atoms with E-state index in [0.717, 1.165) is 45.2 Å². The highest BCUT2D eigenvalue weighted by atomic mass is 16.5. The van der Waals surface area contributed by atoms with E-state index >= 15 is 0 Å². The largest absolute Gasteiger partial charge is 0.379 e. The van der Waals surface area contributed by atoms with E-state index in [2.05, 4.69) is 18.2 Å². The predicted molar refractivity (Wildman–Crippen MR) is 68.0 cm³/mol. The Hall–Kier alpha value is -0.860. The van der Waals surface area contributed by atoms with Gasteiger partial charge in [-0.3, -0.25) is 0 Å². The van der Waals surface area contributed by atoms with Crippen molar-refractivity contribution in [2.45, 2.75) is 25.7 Å². The molecule has 0 aliphatic heterocycles. The molecule has 2 rings (SSSR count). The molecule has 0 N–H and O–H groups in total. The minimum absolute atomic E-state index is 0.731. The van der Waals surface area contributed by atoms with Crippen LogP contribution in [0, 0.1) is 12.0 Å². The minimum Gasteiger partial charge on any atom is -0.379 e. The van der Waals surface area contributed by atoms with Gasteiger partial charge in [0, 0.05) is 13.2 Å². The summed E-state index contributed by atoms with van der Waals surface area (Å²) in [5.74, 6) is 0.852. The second kappa shape index (κ2) is 7.46. The first kappa shape index (κ1) is 12.6. The van der Waals surface area contributed by atoms with Gasteiger partial charge in [-0.05, 0) is 43.2 Å². The summed E-state index contributed by atoms with van der Waals surface area (Å²) >= 11 is 0. The van der Waals surface area contributed by atoms with Crippen molar-refractivity contribution in [3.05, 3.63) is 35.9 Å². The third-order valence-corrected chi connectivity index (χ3v) is 2.96. The molecule has 2 heteroatoms. The van der Waals surface area contributed by atoms with Crippen molar-refractivity contribution in [2.75, 3.05) is 26.4 Å². The van der Waals surface area contributed by atoms with Gasteiger partial charge in [-0.15, -0.1) is 0 Å². The van der Waals surface area contributed by atoms with Crippen LogP contribution in [0.5, 0.6) is 0 Å². The summed E-state index contributed by atoms with van der Waals surface area (Å²) in [5.41, 5.74) is 1.36. The summed E-state index contributed by atoms with van der Waals surface area (Å²) in [6.07, 6.45) is 4.87.